The van der Waals surface area contributed by atoms with Gasteiger partial charge < -0.3 is 0 Å². The molecule has 2 aromatic rings. The van der Waals surface area contributed by atoms with E-state index in [2.05, 4.69) is 51.8 Å². The Kier molecular flexibility index (Phi) is 3.35. The molecule has 1 aromatic heterocycles. The molecule has 0 radical (unpaired) electrons. The fraction of sp³-hybridized carbons (Fsp3) is 0.250. The monoisotopic (exact) mass is 297 g/mol. The number of pyridine rings is 1. The van der Waals surface area contributed by atoms with Gasteiger partial charge in [0.05, 0.1) is 5.52 Å². The number of hydrogen-bond donors (Lipinski definition) is 0. The van der Waals surface area contributed by atoms with E-state index in [-0.39, 0.29) is 0 Å². The van der Waals surface area contributed by atoms with Crippen molar-refractivity contribution in [2.45, 2.75) is 12.8 Å². The van der Waals surface area contributed by atoms with Crippen LogP contribution in [0.25, 0.3) is 10.9 Å². The van der Waals surface area contributed by atoms with Crippen LogP contribution in [0.15, 0.2) is 36.5 Å². The summed E-state index contributed by atoms with van der Waals surface area (Å²) >= 11 is 2.41. The number of para-hydroxylation sites is 1. The first-order valence-corrected chi connectivity index (χ1v) is 6.32. The van der Waals surface area contributed by atoms with Crippen molar-refractivity contribution in [1.29, 1.82) is 0 Å². The quantitative estimate of drug-likeness (QED) is 0.623. The fourth-order valence-corrected chi connectivity index (χ4v) is 1.91. The molecule has 1 nitrogen and oxygen atoms in total. The molecule has 1 heterocycles. The Morgan fingerprint density at radius 3 is 2.93 bits per heavy atom. The van der Waals surface area contributed by atoms with Crippen LogP contribution >= 0.6 is 22.6 Å². The summed E-state index contributed by atoms with van der Waals surface area (Å²) in [5.74, 6) is 0. The minimum absolute atomic E-state index is 1.09. The molecule has 0 aliphatic carbocycles. The maximum absolute atomic E-state index is 4.43. The first kappa shape index (κ1) is 9.90. The predicted octanol–water partition coefficient (Wildman–Crippen LogP) is 3.60. The Morgan fingerprint density at radius 2 is 2.07 bits per heavy atom. The fourth-order valence-electron chi connectivity index (χ4n) is 1.52. The van der Waals surface area contributed by atoms with E-state index in [0.717, 1.165) is 11.9 Å². The number of aryl methyl sites for hydroxylation is 1. The molecule has 0 saturated heterocycles. The lowest BCUT2D eigenvalue weighted by Gasteiger charge is -2.01. The third kappa shape index (κ3) is 2.23. The highest BCUT2D eigenvalue weighted by molar-refractivity contribution is 14.1. The van der Waals surface area contributed by atoms with Crippen molar-refractivity contribution < 1.29 is 0 Å². The van der Waals surface area contributed by atoms with Crippen LogP contribution in [0.1, 0.15) is 12.0 Å². The predicted molar refractivity (Wildman–Crippen MR) is 69.0 cm³/mol. The minimum atomic E-state index is 1.09. The molecule has 14 heavy (non-hydrogen) atoms. The summed E-state index contributed by atoms with van der Waals surface area (Å²) in [5.41, 5.74) is 2.44. The van der Waals surface area contributed by atoms with Crippen molar-refractivity contribution in [1.82, 2.24) is 4.98 Å². The summed E-state index contributed by atoms with van der Waals surface area (Å²) in [4.78, 5) is 4.43. The maximum atomic E-state index is 4.43. The molecule has 0 aliphatic rings. The molecule has 0 saturated carbocycles. The standard InChI is InChI=1S/C12H12IN/c13-7-3-4-10-8-11-5-1-2-6-12(11)14-9-10/h1-2,5-6,8-9H,3-4,7H2. The lowest BCUT2D eigenvalue weighted by atomic mass is 10.1. The van der Waals surface area contributed by atoms with Gasteiger partial charge in [-0.15, -0.1) is 0 Å². The highest BCUT2D eigenvalue weighted by atomic mass is 127. The molecular formula is C12H12IN. The summed E-state index contributed by atoms with van der Waals surface area (Å²) < 4.78 is 1.21. The van der Waals surface area contributed by atoms with Gasteiger partial charge in [0.25, 0.3) is 0 Å². The van der Waals surface area contributed by atoms with Crippen LogP contribution < -0.4 is 0 Å². The number of benzene rings is 1. The molecule has 72 valence electrons. The van der Waals surface area contributed by atoms with Crippen molar-refractivity contribution in [2.24, 2.45) is 0 Å². The molecule has 1 aromatic carbocycles. The van der Waals surface area contributed by atoms with Gasteiger partial charge in [-0.05, 0) is 35.0 Å². The first-order chi connectivity index (χ1) is 6.90. The normalized spacial score (nSPS) is 10.6. The van der Waals surface area contributed by atoms with Gasteiger partial charge in [0.15, 0.2) is 0 Å². The Balaban J connectivity index is 2.32. The molecular weight excluding hydrogens is 285 g/mol. The molecule has 0 fully saturated rings. The summed E-state index contributed by atoms with van der Waals surface area (Å²) in [6.07, 6.45) is 4.37. The number of hydrogen-bond acceptors (Lipinski definition) is 1. The zero-order valence-electron chi connectivity index (χ0n) is 7.91. The van der Waals surface area contributed by atoms with E-state index in [1.54, 1.807) is 0 Å². The van der Waals surface area contributed by atoms with Crippen LogP contribution in [0.4, 0.5) is 0 Å². The van der Waals surface area contributed by atoms with Gasteiger partial charge in [-0.1, -0.05) is 40.8 Å². The zero-order chi connectivity index (χ0) is 9.80. The Labute approximate surface area is 97.7 Å². The van der Waals surface area contributed by atoms with Gasteiger partial charge in [0.2, 0.25) is 0 Å². The Morgan fingerprint density at radius 1 is 1.21 bits per heavy atom. The molecule has 0 bridgehead atoms. The van der Waals surface area contributed by atoms with Crippen LogP contribution in [0.5, 0.6) is 0 Å². The number of alkyl halides is 1. The average molecular weight is 297 g/mol. The third-order valence-electron chi connectivity index (χ3n) is 2.25. The van der Waals surface area contributed by atoms with Crippen molar-refractivity contribution >= 4 is 33.5 Å². The van der Waals surface area contributed by atoms with Gasteiger partial charge in [-0.2, -0.15) is 0 Å². The molecule has 0 amide bonds. The number of nitrogens with zero attached hydrogens (tertiary/aromatic N) is 1. The van der Waals surface area contributed by atoms with Crippen LogP contribution in [-0.4, -0.2) is 9.41 Å². The van der Waals surface area contributed by atoms with Gasteiger partial charge in [-0.25, -0.2) is 0 Å². The second-order valence-corrected chi connectivity index (χ2v) is 4.41. The van der Waals surface area contributed by atoms with Crippen molar-refractivity contribution in [3.8, 4) is 0 Å². The molecule has 0 atom stereocenters. The lowest BCUT2D eigenvalue weighted by molar-refractivity contribution is 0.940. The largest absolute Gasteiger partial charge is 0.256 e. The van der Waals surface area contributed by atoms with Gasteiger partial charge in [0, 0.05) is 11.6 Å². The second kappa shape index (κ2) is 4.73. The lowest BCUT2D eigenvalue weighted by Crippen LogP contribution is -1.88. The van der Waals surface area contributed by atoms with E-state index in [1.165, 1.54) is 21.8 Å². The first-order valence-electron chi connectivity index (χ1n) is 4.80. The van der Waals surface area contributed by atoms with E-state index < -0.39 is 0 Å². The molecule has 0 spiro atoms. The van der Waals surface area contributed by atoms with E-state index in [1.807, 2.05) is 12.3 Å². The van der Waals surface area contributed by atoms with Gasteiger partial charge in [-0.3, -0.25) is 4.98 Å². The highest BCUT2D eigenvalue weighted by Gasteiger charge is 1.96. The van der Waals surface area contributed by atoms with Crippen LogP contribution in [0, 0.1) is 0 Å². The van der Waals surface area contributed by atoms with Gasteiger partial charge in [0.1, 0.15) is 0 Å². The summed E-state index contributed by atoms with van der Waals surface area (Å²) in [6, 6.07) is 10.5. The molecule has 2 heteroatoms. The Bertz CT molecular complexity index is 425. The van der Waals surface area contributed by atoms with E-state index in [9.17, 15) is 0 Å². The van der Waals surface area contributed by atoms with Crippen molar-refractivity contribution in [3.05, 3.63) is 42.1 Å². The zero-order valence-corrected chi connectivity index (χ0v) is 10.1. The number of halogens is 1. The van der Waals surface area contributed by atoms with Crippen LogP contribution in [0.3, 0.4) is 0 Å². The summed E-state index contributed by atoms with van der Waals surface area (Å²) in [6.45, 7) is 0. The van der Waals surface area contributed by atoms with Gasteiger partial charge >= 0.3 is 0 Å². The molecule has 0 N–H and O–H groups in total. The average Bonchev–Trinajstić information content (AvgIpc) is 2.26. The molecule has 0 unspecified atom stereocenters. The maximum Gasteiger partial charge on any atom is 0.0702 e. The topological polar surface area (TPSA) is 12.9 Å². The smallest absolute Gasteiger partial charge is 0.0702 e. The number of rotatable bonds is 3. The van der Waals surface area contributed by atoms with Crippen LogP contribution in [0.2, 0.25) is 0 Å². The van der Waals surface area contributed by atoms with Crippen LogP contribution in [-0.2, 0) is 6.42 Å². The highest BCUT2D eigenvalue weighted by Crippen LogP contribution is 2.13. The number of aromatic nitrogens is 1. The molecule has 2 rings (SSSR count). The van der Waals surface area contributed by atoms with E-state index in [4.69, 9.17) is 0 Å². The number of fused-ring (bicyclic) bond motifs is 1. The summed E-state index contributed by atoms with van der Waals surface area (Å²) in [5, 5.41) is 1.25. The minimum Gasteiger partial charge on any atom is -0.256 e. The van der Waals surface area contributed by atoms with E-state index >= 15 is 0 Å². The van der Waals surface area contributed by atoms with Crippen molar-refractivity contribution in [2.75, 3.05) is 4.43 Å². The Hall–Kier alpha value is -0.640. The summed E-state index contributed by atoms with van der Waals surface area (Å²) in [7, 11) is 0. The van der Waals surface area contributed by atoms with Crippen molar-refractivity contribution in [3.63, 3.8) is 0 Å². The second-order valence-electron chi connectivity index (χ2n) is 3.33. The SMILES string of the molecule is ICCCc1cnc2ccccc2c1. The van der Waals surface area contributed by atoms with E-state index in [0.29, 0.717) is 0 Å². The molecule has 0 aliphatic heterocycles. The third-order valence-corrected chi connectivity index (χ3v) is 3.01.